The molecule has 0 spiro atoms. The number of rotatable bonds is 4. The van der Waals surface area contributed by atoms with Crippen molar-refractivity contribution < 1.29 is 19.8 Å². The van der Waals surface area contributed by atoms with Crippen molar-refractivity contribution in [2.45, 2.75) is 19.1 Å². The summed E-state index contributed by atoms with van der Waals surface area (Å²) in [4.78, 5) is 22.6. The first-order valence-corrected chi connectivity index (χ1v) is 5.76. The van der Waals surface area contributed by atoms with E-state index in [4.69, 9.17) is 28.3 Å². The largest absolute Gasteiger partial charge is 0.480 e. The van der Waals surface area contributed by atoms with Crippen LogP contribution in [0.4, 0.5) is 0 Å². The predicted molar refractivity (Wildman–Crippen MR) is 67.0 cm³/mol. The highest BCUT2D eigenvalue weighted by Crippen LogP contribution is 2.25. The van der Waals surface area contributed by atoms with Gasteiger partial charge >= 0.3 is 5.97 Å². The maximum Gasteiger partial charge on any atom is 0.328 e. The average molecular weight is 292 g/mol. The number of hydrogen-bond acceptors (Lipinski definition) is 3. The molecule has 2 atom stereocenters. The van der Waals surface area contributed by atoms with Crippen LogP contribution in [0.1, 0.15) is 17.3 Å². The molecule has 0 aliphatic carbocycles. The number of nitrogens with one attached hydrogen (secondary N) is 1. The molecular formula is C11H11Cl2NO4. The first-order chi connectivity index (χ1) is 8.34. The van der Waals surface area contributed by atoms with Gasteiger partial charge in [-0.15, -0.1) is 0 Å². The van der Waals surface area contributed by atoms with E-state index in [2.05, 4.69) is 5.32 Å². The van der Waals surface area contributed by atoms with Gasteiger partial charge < -0.3 is 15.5 Å². The summed E-state index contributed by atoms with van der Waals surface area (Å²) in [6, 6.07) is 3.02. The number of aliphatic carboxylic acids is 1. The van der Waals surface area contributed by atoms with Gasteiger partial charge in [-0.1, -0.05) is 29.3 Å². The summed E-state index contributed by atoms with van der Waals surface area (Å²) >= 11 is 11.6. The van der Waals surface area contributed by atoms with Gasteiger partial charge in [0.15, 0.2) is 6.04 Å². The summed E-state index contributed by atoms with van der Waals surface area (Å²) in [7, 11) is 0. The number of carboxylic acid groups (broad SMARTS) is 1. The molecular weight excluding hydrogens is 281 g/mol. The molecule has 2 unspecified atom stereocenters. The van der Waals surface area contributed by atoms with Crippen LogP contribution >= 0.6 is 23.2 Å². The van der Waals surface area contributed by atoms with E-state index in [0.717, 1.165) is 0 Å². The monoisotopic (exact) mass is 291 g/mol. The molecule has 1 aromatic rings. The lowest BCUT2D eigenvalue weighted by Gasteiger charge is -2.17. The van der Waals surface area contributed by atoms with Gasteiger partial charge in [0.05, 0.1) is 21.7 Å². The second-order valence-electron chi connectivity index (χ2n) is 3.63. The van der Waals surface area contributed by atoms with Crippen LogP contribution in [0.15, 0.2) is 18.2 Å². The van der Waals surface area contributed by atoms with Gasteiger partial charge in [0.1, 0.15) is 0 Å². The molecule has 0 aliphatic rings. The van der Waals surface area contributed by atoms with Crippen LogP contribution in [0.25, 0.3) is 0 Å². The summed E-state index contributed by atoms with van der Waals surface area (Å²) in [5.74, 6) is -2.05. The summed E-state index contributed by atoms with van der Waals surface area (Å²) in [6.45, 7) is 1.26. The Morgan fingerprint density at radius 2 is 1.94 bits per heavy atom. The van der Waals surface area contributed by atoms with Crippen molar-refractivity contribution >= 4 is 35.1 Å². The molecule has 0 aliphatic heterocycles. The third kappa shape index (κ3) is 3.35. The molecule has 98 valence electrons. The molecule has 0 radical (unpaired) electrons. The number of carbonyl (C=O) groups excluding carboxylic acids is 1. The van der Waals surface area contributed by atoms with Crippen LogP contribution in [0.5, 0.6) is 0 Å². The zero-order valence-electron chi connectivity index (χ0n) is 9.35. The van der Waals surface area contributed by atoms with Crippen LogP contribution in [0, 0.1) is 0 Å². The van der Waals surface area contributed by atoms with Gasteiger partial charge in [0, 0.05) is 0 Å². The van der Waals surface area contributed by atoms with Crippen LogP contribution in [0.2, 0.25) is 10.0 Å². The zero-order valence-corrected chi connectivity index (χ0v) is 10.9. The molecule has 1 rings (SSSR count). The first-order valence-electron chi connectivity index (χ1n) is 5.00. The maximum absolute atomic E-state index is 11.8. The van der Waals surface area contributed by atoms with E-state index in [9.17, 15) is 14.7 Å². The number of carbonyl (C=O) groups is 2. The fourth-order valence-corrected chi connectivity index (χ4v) is 1.67. The summed E-state index contributed by atoms with van der Waals surface area (Å²) in [6.07, 6.45) is -1.23. The van der Waals surface area contributed by atoms with Crippen molar-refractivity contribution in [2.75, 3.05) is 0 Å². The van der Waals surface area contributed by atoms with Crippen molar-refractivity contribution in [1.82, 2.24) is 5.32 Å². The van der Waals surface area contributed by atoms with E-state index < -0.39 is 24.0 Å². The molecule has 0 saturated heterocycles. The SMILES string of the molecule is CC(O)C(NC(=O)c1cccc(Cl)c1Cl)C(=O)O. The van der Waals surface area contributed by atoms with Crippen molar-refractivity contribution in [3.05, 3.63) is 33.8 Å². The lowest BCUT2D eigenvalue weighted by molar-refractivity contribution is -0.141. The third-order valence-electron chi connectivity index (χ3n) is 2.23. The minimum Gasteiger partial charge on any atom is -0.480 e. The number of hydrogen-bond donors (Lipinski definition) is 3. The van der Waals surface area contributed by atoms with E-state index in [-0.39, 0.29) is 15.6 Å². The highest BCUT2D eigenvalue weighted by atomic mass is 35.5. The average Bonchev–Trinajstić information content (AvgIpc) is 2.28. The lowest BCUT2D eigenvalue weighted by Crippen LogP contribution is -2.47. The molecule has 18 heavy (non-hydrogen) atoms. The fraction of sp³-hybridized carbons (Fsp3) is 0.273. The van der Waals surface area contributed by atoms with Crippen LogP contribution in [0.3, 0.4) is 0 Å². The van der Waals surface area contributed by atoms with Gasteiger partial charge in [-0.25, -0.2) is 4.79 Å². The molecule has 0 heterocycles. The highest BCUT2D eigenvalue weighted by molar-refractivity contribution is 6.43. The third-order valence-corrected chi connectivity index (χ3v) is 3.05. The topological polar surface area (TPSA) is 86.6 Å². The summed E-state index contributed by atoms with van der Waals surface area (Å²) in [5, 5.41) is 20.5. The molecule has 3 N–H and O–H groups in total. The Morgan fingerprint density at radius 1 is 1.33 bits per heavy atom. The second-order valence-corrected chi connectivity index (χ2v) is 4.42. The predicted octanol–water partition coefficient (Wildman–Crippen LogP) is 1.56. The van der Waals surface area contributed by atoms with Crippen molar-refractivity contribution in [3.63, 3.8) is 0 Å². The van der Waals surface area contributed by atoms with E-state index >= 15 is 0 Å². The lowest BCUT2D eigenvalue weighted by atomic mass is 10.1. The molecule has 0 aromatic heterocycles. The minimum absolute atomic E-state index is 0.0337. The number of halogens is 2. The van der Waals surface area contributed by atoms with E-state index in [1.807, 2.05) is 0 Å². The molecule has 0 bridgehead atoms. The first kappa shape index (κ1) is 14.8. The Balaban J connectivity index is 2.94. The zero-order chi connectivity index (χ0) is 13.9. The van der Waals surface area contributed by atoms with Gasteiger partial charge in [0.2, 0.25) is 0 Å². The number of benzene rings is 1. The number of aliphatic hydroxyl groups excluding tert-OH is 1. The molecule has 1 amide bonds. The van der Waals surface area contributed by atoms with Crippen molar-refractivity contribution in [2.24, 2.45) is 0 Å². The number of aliphatic hydroxyl groups is 1. The maximum atomic E-state index is 11.8. The van der Waals surface area contributed by atoms with Crippen LogP contribution in [-0.2, 0) is 4.79 Å². The molecule has 0 saturated carbocycles. The Morgan fingerprint density at radius 3 is 2.44 bits per heavy atom. The molecule has 1 aromatic carbocycles. The standard InChI is InChI=1S/C11H11Cl2NO4/c1-5(15)9(11(17)18)14-10(16)6-3-2-4-7(12)8(6)13/h2-5,9,15H,1H3,(H,14,16)(H,17,18). The van der Waals surface area contributed by atoms with Gasteiger partial charge in [-0.2, -0.15) is 0 Å². The van der Waals surface area contributed by atoms with Crippen molar-refractivity contribution in [3.8, 4) is 0 Å². The van der Waals surface area contributed by atoms with E-state index in [1.165, 1.54) is 25.1 Å². The van der Waals surface area contributed by atoms with Crippen LogP contribution < -0.4 is 5.32 Å². The van der Waals surface area contributed by atoms with Crippen molar-refractivity contribution in [1.29, 1.82) is 0 Å². The van der Waals surface area contributed by atoms with Gasteiger partial charge in [-0.3, -0.25) is 4.79 Å². The van der Waals surface area contributed by atoms with Gasteiger partial charge in [0.25, 0.3) is 5.91 Å². The molecule has 0 fully saturated rings. The Hall–Kier alpha value is -1.30. The van der Waals surface area contributed by atoms with Crippen LogP contribution in [-0.4, -0.2) is 34.2 Å². The Bertz CT molecular complexity index is 476. The summed E-state index contributed by atoms with van der Waals surface area (Å²) in [5.41, 5.74) is 0.0519. The number of carboxylic acids is 1. The Kier molecular flexibility index (Phi) is 4.95. The van der Waals surface area contributed by atoms with E-state index in [0.29, 0.717) is 0 Å². The minimum atomic E-state index is -1.41. The van der Waals surface area contributed by atoms with E-state index in [1.54, 1.807) is 0 Å². The molecule has 5 nitrogen and oxygen atoms in total. The Labute approximate surface area is 113 Å². The van der Waals surface area contributed by atoms with Gasteiger partial charge in [-0.05, 0) is 19.1 Å². The molecule has 7 heteroatoms. The quantitative estimate of drug-likeness (QED) is 0.786. The second kappa shape index (κ2) is 6.04. The normalized spacial score (nSPS) is 13.8. The smallest absolute Gasteiger partial charge is 0.328 e. The fourth-order valence-electron chi connectivity index (χ4n) is 1.29. The number of amides is 1. The highest BCUT2D eigenvalue weighted by Gasteiger charge is 2.26. The summed E-state index contributed by atoms with van der Waals surface area (Å²) < 4.78 is 0.